The van der Waals surface area contributed by atoms with Crippen LogP contribution < -0.4 is 5.73 Å². The van der Waals surface area contributed by atoms with E-state index in [2.05, 4.69) is 91.0 Å². The monoisotopic (exact) mass is 519 g/mol. The maximum atomic E-state index is 11.4. The molecule has 3 N–H and O–H groups in total. The van der Waals surface area contributed by atoms with Gasteiger partial charge in [-0.25, -0.2) is 8.78 Å². The van der Waals surface area contributed by atoms with Gasteiger partial charge in [0.2, 0.25) is 0 Å². The minimum atomic E-state index is -5.94. The molecule has 3 aromatic carbocycles. The zero-order chi connectivity index (χ0) is 25.2. The van der Waals surface area contributed by atoms with Crippen LogP contribution >= 0.6 is 12.4 Å². The van der Waals surface area contributed by atoms with Crippen molar-refractivity contribution in [1.29, 1.82) is 0 Å². The second-order valence-electron chi connectivity index (χ2n) is 8.16. The third-order valence-corrected chi connectivity index (χ3v) is 5.39. The number of rotatable bonds is 8. The van der Waals surface area contributed by atoms with E-state index < -0.39 is 18.5 Å². The fourth-order valence-corrected chi connectivity index (χ4v) is 3.61. The van der Waals surface area contributed by atoms with Crippen LogP contribution in [0.2, 0.25) is 0 Å². The van der Waals surface area contributed by atoms with Crippen molar-refractivity contribution in [2.45, 2.75) is 37.7 Å². The highest BCUT2D eigenvalue weighted by atomic mass is 35.5. The average molecular weight is 520 g/mol. The summed E-state index contributed by atoms with van der Waals surface area (Å²) in [4.78, 5) is 0. The number of aliphatic hydroxyl groups is 1. The summed E-state index contributed by atoms with van der Waals surface area (Å²) in [5, 5.41) is 7.39. The van der Waals surface area contributed by atoms with E-state index in [1.54, 1.807) is 0 Å². The zero-order valence-electron chi connectivity index (χ0n) is 18.8. The van der Waals surface area contributed by atoms with E-state index in [4.69, 9.17) is 10.8 Å². The van der Waals surface area contributed by atoms with Gasteiger partial charge in [0, 0.05) is 0 Å². The molecule has 1 atom stereocenters. The molecule has 0 saturated heterocycles. The molecular formula is C26H28ClF6NO. The van der Waals surface area contributed by atoms with Crippen LogP contribution in [-0.2, 0) is 19.3 Å². The number of halogens is 7. The Morgan fingerprint density at radius 3 is 1.09 bits per heavy atom. The maximum absolute atomic E-state index is 11.4. The van der Waals surface area contributed by atoms with Gasteiger partial charge < -0.3 is 10.8 Å². The molecule has 2 nitrogen and oxygen atoms in total. The molecule has 35 heavy (non-hydrogen) atoms. The van der Waals surface area contributed by atoms with E-state index in [1.807, 2.05) is 0 Å². The van der Waals surface area contributed by atoms with Gasteiger partial charge in [0.1, 0.15) is 0 Å². The van der Waals surface area contributed by atoms with E-state index >= 15 is 0 Å². The van der Waals surface area contributed by atoms with Gasteiger partial charge in [-0.15, -0.1) is 12.4 Å². The van der Waals surface area contributed by atoms with Crippen molar-refractivity contribution in [3.8, 4) is 0 Å². The topological polar surface area (TPSA) is 46.2 Å². The predicted octanol–water partition coefficient (Wildman–Crippen LogP) is 6.55. The van der Waals surface area contributed by atoms with Crippen LogP contribution in [-0.4, -0.2) is 30.1 Å². The van der Waals surface area contributed by atoms with Crippen LogP contribution in [0.25, 0.3) is 0 Å². The number of nitrogens with two attached hydrogens (primary N) is 1. The first-order chi connectivity index (χ1) is 16.0. The van der Waals surface area contributed by atoms with Crippen LogP contribution in [0.15, 0.2) is 91.0 Å². The van der Waals surface area contributed by atoms with Gasteiger partial charge >= 0.3 is 18.5 Å². The number of hydrogen-bond acceptors (Lipinski definition) is 2. The maximum Gasteiger partial charge on any atom is 0.454 e. The molecule has 0 heterocycles. The van der Waals surface area contributed by atoms with E-state index in [9.17, 15) is 26.3 Å². The lowest BCUT2D eigenvalue weighted by molar-refractivity contribution is -0.352. The molecule has 0 amide bonds. The van der Waals surface area contributed by atoms with Crippen molar-refractivity contribution in [1.82, 2.24) is 0 Å². The van der Waals surface area contributed by atoms with Gasteiger partial charge in [0.15, 0.2) is 0 Å². The summed E-state index contributed by atoms with van der Waals surface area (Å²) in [6, 6.07) is 32.1. The molecule has 0 aliphatic carbocycles. The number of benzene rings is 3. The molecule has 3 aromatic rings. The van der Waals surface area contributed by atoms with Crippen molar-refractivity contribution in [3.05, 3.63) is 108 Å². The molecule has 0 aromatic heterocycles. The SMILES string of the molecule is Cl.NCC(Cc1ccccc1)(Cc1ccccc1)Cc1ccccc1.OC(F)(C(F)F)C(F)(F)F. The van der Waals surface area contributed by atoms with E-state index in [-0.39, 0.29) is 17.8 Å². The molecule has 0 radical (unpaired) electrons. The van der Waals surface area contributed by atoms with Crippen molar-refractivity contribution >= 4 is 12.4 Å². The van der Waals surface area contributed by atoms with Crippen molar-refractivity contribution in [2.75, 3.05) is 6.54 Å². The van der Waals surface area contributed by atoms with Crippen LogP contribution in [0.5, 0.6) is 0 Å². The van der Waals surface area contributed by atoms with E-state index in [0.29, 0.717) is 6.54 Å². The highest BCUT2D eigenvalue weighted by molar-refractivity contribution is 5.85. The summed E-state index contributed by atoms with van der Waals surface area (Å²) in [7, 11) is 0. The lowest BCUT2D eigenvalue weighted by atomic mass is 9.72. The van der Waals surface area contributed by atoms with E-state index in [1.165, 1.54) is 16.7 Å². The first kappa shape index (κ1) is 30.5. The van der Waals surface area contributed by atoms with Gasteiger partial charge in [-0.05, 0) is 47.9 Å². The Morgan fingerprint density at radius 2 is 0.914 bits per heavy atom. The Morgan fingerprint density at radius 1 is 0.629 bits per heavy atom. The third-order valence-electron chi connectivity index (χ3n) is 5.39. The Balaban J connectivity index is 0.000000477. The molecule has 9 heteroatoms. The summed E-state index contributed by atoms with van der Waals surface area (Å²) >= 11 is 0. The molecular weight excluding hydrogens is 492 g/mol. The predicted molar refractivity (Wildman–Crippen MR) is 127 cm³/mol. The molecule has 0 aliphatic rings. The Kier molecular flexibility index (Phi) is 11.8. The first-order valence-electron chi connectivity index (χ1n) is 10.6. The lowest BCUT2D eigenvalue weighted by Crippen LogP contribution is -2.47. The van der Waals surface area contributed by atoms with E-state index in [0.717, 1.165) is 19.3 Å². The number of alkyl halides is 6. The van der Waals surface area contributed by atoms with Gasteiger partial charge in [-0.3, -0.25) is 0 Å². The third kappa shape index (κ3) is 9.20. The molecule has 0 spiro atoms. The molecule has 192 valence electrons. The van der Waals surface area contributed by atoms with Gasteiger partial charge in [0.05, 0.1) is 0 Å². The highest BCUT2D eigenvalue weighted by Crippen LogP contribution is 2.36. The first-order valence-corrected chi connectivity index (χ1v) is 10.6. The minimum absolute atomic E-state index is 0. The molecule has 3 rings (SSSR count). The summed E-state index contributed by atoms with van der Waals surface area (Å²) in [6.07, 6.45) is -7.44. The molecule has 0 saturated carbocycles. The second kappa shape index (κ2) is 13.5. The van der Waals surface area contributed by atoms with Gasteiger partial charge in [0.25, 0.3) is 0 Å². The lowest BCUT2D eigenvalue weighted by Gasteiger charge is -2.33. The minimum Gasteiger partial charge on any atom is -0.350 e. The summed E-state index contributed by atoms with van der Waals surface area (Å²) < 4.78 is 66.3. The van der Waals surface area contributed by atoms with Crippen LogP contribution in [0.3, 0.4) is 0 Å². The smallest absolute Gasteiger partial charge is 0.350 e. The summed E-state index contributed by atoms with van der Waals surface area (Å²) in [6.45, 7) is 0.672. The van der Waals surface area contributed by atoms with Crippen LogP contribution in [0.1, 0.15) is 16.7 Å². The highest BCUT2D eigenvalue weighted by Gasteiger charge is 2.62. The fourth-order valence-electron chi connectivity index (χ4n) is 3.61. The summed E-state index contributed by atoms with van der Waals surface area (Å²) in [5.74, 6) is -5.40. The number of hydrogen-bond donors (Lipinski definition) is 2. The quantitative estimate of drug-likeness (QED) is 0.331. The normalized spacial score (nSPS) is 13.3. The average Bonchev–Trinajstić information content (AvgIpc) is 2.80. The molecule has 0 fully saturated rings. The fraction of sp³-hybridized carbons (Fsp3) is 0.308. The Bertz CT molecular complexity index is 868. The Hall–Kier alpha value is -2.55. The van der Waals surface area contributed by atoms with Crippen molar-refractivity contribution < 1.29 is 31.4 Å². The zero-order valence-corrected chi connectivity index (χ0v) is 19.6. The molecule has 0 aliphatic heterocycles. The second-order valence-corrected chi connectivity index (χ2v) is 8.16. The van der Waals surface area contributed by atoms with Gasteiger partial charge in [-0.1, -0.05) is 91.0 Å². The largest absolute Gasteiger partial charge is 0.454 e. The van der Waals surface area contributed by atoms with Crippen molar-refractivity contribution in [3.63, 3.8) is 0 Å². The molecule has 1 unspecified atom stereocenters. The van der Waals surface area contributed by atoms with Crippen LogP contribution in [0.4, 0.5) is 26.3 Å². The summed E-state index contributed by atoms with van der Waals surface area (Å²) in [5.41, 5.74) is 10.5. The van der Waals surface area contributed by atoms with Crippen molar-refractivity contribution in [2.24, 2.45) is 11.1 Å². The standard InChI is InChI=1S/C23H25N.C3H2F6O.ClH/c24-19-23(16-20-10-4-1-5-11-20,17-21-12-6-2-7-13-21)18-22-14-8-3-9-15-22;4-1(5)2(6,10)3(7,8)9;/h1-15H,16-19,24H2;1,10H;1H. The van der Waals surface area contributed by atoms with Crippen LogP contribution in [0, 0.1) is 5.41 Å². The van der Waals surface area contributed by atoms with Gasteiger partial charge in [-0.2, -0.15) is 17.6 Å². The Labute approximate surface area is 207 Å². The molecule has 0 bridgehead atoms.